The van der Waals surface area contributed by atoms with Crippen molar-refractivity contribution in [1.29, 1.82) is 0 Å². The molecule has 0 aliphatic carbocycles. The van der Waals surface area contributed by atoms with E-state index in [1.54, 1.807) is 6.20 Å². The first-order chi connectivity index (χ1) is 13.6. The first-order valence-electron chi connectivity index (χ1n) is 9.69. The third-order valence-corrected chi connectivity index (χ3v) is 5.19. The number of hydrogen-bond acceptors (Lipinski definition) is 5. The van der Waals surface area contributed by atoms with E-state index in [2.05, 4.69) is 10.3 Å². The molecule has 1 N–H and O–H groups in total. The Balaban J connectivity index is 1.46. The molecule has 0 bridgehead atoms. The van der Waals surface area contributed by atoms with Gasteiger partial charge in [-0.25, -0.2) is 9.78 Å². The fourth-order valence-electron chi connectivity index (χ4n) is 3.87. The minimum atomic E-state index is -0.0500. The summed E-state index contributed by atoms with van der Waals surface area (Å²) in [5.41, 5.74) is 2.09. The zero-order valence-electron chi connectivity index (χ0n) is 16.4. The Bertz CT molecular complexity index is 855. The van der Waals surface area contributed by atoms with Gasteiger partial charge in [0.2, 0.25) is 0 Å². The van der Waals surface area contributed by atoms with Gasteiger partial charge in [-0.2, -0.15) is 0 Å². The molecule has 1 aromatic carbocycles. The van der Waals surface area contributed by atoms with Crippen molar-refractivity contribution in [2.45, 2.75) is 25.4 Å². The highest BCUT2D eigenvalue weighted by atomic mass is 16.6. The van der Waals surface area contributed by atoms with Crippen LogP contribution in [0.15, 0.2) is 36.5 Å². The minimum absolute atomic E-state index is 0.0500. The zero-order chi connectivity index (χ0) is 19.5. The largest absolute Gasteiger partial charge is 0.486 e. The Morgan fingerprint density at radius 1 is 1.25 bits per heavy atom. The van der Waals surface area contributed by atoms with Gasteiger partial charge in [-0.3, -0.25) is 0 Å². The summed E-state index contributed by atoms with van der Waals surface area (Å²) in [5.74, 6) is 2.41. The Morgan fingerprint density at radius 2 is 2.07 bits per heavy atom. The summed E-state index contributed by atoms with van der Waals surface area (Å²) in [6, 6.07) is 9.87. The van der Waals surface area contributed by atoms with Crippen LogP contribution in [-0.2, 0) is 6.54 Å². The predicted octanol–water partition coefficient (Wildman–Crippen LogP) is 2.97. The fourth-order valence-corrected chi connectivity index (χ4v) is 3.87. The van der Waals surface area contributed by atoms with Crippen LogP contribution in [-0.4, -0.2) is 49.8 Å². The highest BCUT2D eigenvalue weighted by Crippen LogP contribution is 2.38. The molecule has 1 fully saturated rings. The molecule has 0 radical (unpaired) electrons. The number of nitrogens with zero attached hydrogens (tertiary/aromatic N) is 3. The third kappa shape index (κ3) is 3.69. The van der Waals surface area contributed by atoms with Crippen LogP contribution in [0.5, 0.6) is 11.5 Å². The molecule has 1 saturated heterocycles. The molecule has 4 rings (SSSR count). The number of likely N-dealkylation sites (tertiary alicyclic amines) is 1. The van der Waals surface area contributed by atoms with Crippen LogP contribution in [0.1, 0.15) is 30.0 Å². The lowest BCUT2D eigenvalue weighted by atomic mass is 10.0. The van der Waals surface area contributed by atoms with Crippen molar-refractivity contribution in [3.8, 4) is 11.5 Å². The lowest BCUT2D eigenvalue weighted by Gasteiger charge is -2.27. The molecule has 1 aromatic heterocycles. The minimum Gasteiger partial charge on any atom is -0.486 e. The molecule has 1 atom stereocenters. The van der Waals surface area contributed by atoms with Crippen LogP contribution in [0, 0.1) is 0 Å². The number of pyridine rings is 1. The van der Waals surface area contributed by atoms with E-state index in [9.17, 15) is 4.79 Å². The highest BCUT2D eigenvalue weighted by molar-refractivity contribution is 5.75. The number of anilines is 1. The number of nitrogens with one attached hydrogen (secondary N) is 1. The summed E-state index contributed by atoms with van der Waals surface area (Å²) in [7, 11) is 3.90. The van der Waals surface area contributed by atoms with Gasteiger partial charge in [0.05, 0.1) is 6.04 Å². The van der Waals surface area contributed by atoms with Gasteiger partial charge >= 0.3 is 6.03 Å². The average molecular weight is 382 g/mol. The second-order valence-electron chi connectivity index (χ2n) is 7.29. The van der Waals surface area contributed by atoms with Crippen LogP contribution < -0.4 is 19.7 Å². The van der Waals surface area contributed by atoms with E-state index in [0.717, 1.165) is 47.8 Å². The van der Waals surface area contributed by atoms with Crippen molar-refractivity contribution in [2.75, 3.05) is 38.8 Å². The molecular formula is C21H26N4O3. The van der Waals surface area contributed by atoms with Gasteiger partial charge in [-0.15, -0.1) is 0 Å². The molecule has 2 aromatic rings. The third-order valence-electron chi connectivity index (χ3n) is 5.19. The molecule has 2 amide bonds. The standard InChI is InChI=1S/C21H26N4O3/c1-24(2)20-16(5-3-9-22-20)14-23-21(26)25-10-4-6-17(25)15-7-8-18-19(13-15)28-12-11-27-18/h3,5,7-9,13,17H,4,6,10-12,14H2,1-2H3,(H,23,26). The summed E-state index contributed by atoms with van der Waals surface area (Å²) in [6.07, 6.45) is 3.70. The Kier molecular flexibility index (Phi) is 5.23. The summed E-state index contributed by atoms with van der Waals surface area (Å²) in [5, 5.41) is 3.06. The second-order valence-corrected chi connectivity index (χ2v) is 7.29. The van der Waals surface area contributed by atoms with Gasteiger partial charge in [0, 0.05) is 38.9 Å². The predicted molar refractivity (Wildman–Crippen MR) is 107 cm³/mol. The topological polar surface area (TPSA) is 66.9 Å². The van der Waals surface area contributed by atoms with Gasteiger partial charge in [0.25, 0.3) is 0 Å². The number of fused-ring (bicyclic) bond motifs is 1. The molecule has 2 aliphatic rings. The Labute approximate surface area is 165 Å². The zero-order valence-corrected chi connectivity index (χ0v) is 16.4. The summed E-state index contributed by atoms with van der Waals surface area (Å²) in [6.45, 7) is 2.33. The lowest BCUT2D eigenvalue weighted by Crippen LogP contribution is -2.39. The van der Waals surface area contributed by atoms with Gasteiger partial charge in [-0.1, -0.05) is 12.1 Å². The van der Waals surface area contributed by atoms with Crippen molar-refractivity contribution in [1.82, 2.24) is 15.2 Å². The summed E-state index contributed by atoms with van der Waals surface area (Å²) >= 11 is 0. The van der Waals surface area contributed by atoms with Crippen molar-refractivity contribution in [2.24, 2.45) is 0 Å². The average Bonchev–Trinajstić information content (AvgIpc) is 3.22. The monoisotopic (exact) mass is 382 g/mol. The molecule has 0 spiro atoms. The molecule has 1 unspecified atom stereocenters. The maximum atomic E-state index is 12.9. The first kappa shape index (κ1) is 18.4. The molecule has 2 aliphatic heterocycles. The lowest BCUT2D eigenvalue weighted by molar-refractivity contribution is 0.170. The van der Waals surface area contributed by atoms with E-state index in [-0.39, 0.29) is 12.1 Å². The van der Waals surface area contributed by atoms with Gasteiger partial charge in [0.15, 0.2) is 11.5 Å². The van der Waals surface area contributed by atoms with E-state index in [1.165, 1.54) is 0 Å². The molecule has 0 saturated carbocycles. The number of hydrogen-bond donors (Lipinski definition) is 1. The number of amides is 2. The second kappa shape index (κ2) is 7.96. The number of carbonyl (C=O) groups excluding carboxylic acids is 1. The Morgan fingerprint density at radius 3 is 2.89 bits per heavy atom. The molecule has 7 heteroatoms. The highest BCUT2D eigenvalue weighted by Gasteiger charge is 2.31. The number of carbonyl (C=O) groups is 1. The normalized spacial score (nSPS) is 18.1. The number of benzene rings is 1. The van der Waals surface area contributed by atoms with Crippen molar-refractivity contribution < 1.29 is 14.3 Å². The maximum Gasteiger partial charge on any atom is 0.318 e. The van der Waals surface area contributed by atoms with Gasteiger partial charge < -0.3 is 24.6 Å². The van der Waals surface area contributed by atoms with E-state index >= 15 is 0 Å². The molecular weight excluding hydrogens is 356 g/mol. The van der Waals surface area contributed by atoms with Crippen LogP contribution in [0.2, 0.25) is 0 Å². The van der Waals surface area contributed by atoms with Crippen LogP contribution in [0.4, 0.5) is 10.6 Å². The van der Waals surface area contributed by atoms with E-state index in [0.29, 0.717) is 19.8 Å². The van der Waals surface area contributed by atoms with E-state index < -0.39 is 0 Å². The van der Waals surface area contributed by atoms with Crippen LogP contribution in [0.25, 0.3) is 0 Å². The van der Waals surface area contributed by atoms with Crippen molar-refractivity contribution >= 4 is 11.8 Å². The maximum absolute atomic E-state index is 12.9. The quantitative estimate of drug-likeness (QED) is 0.881. The van der Waals surface area contributed by atoms with Crippen molar-refractivity contribution in [3.05, 3.63) is 47.7 Å². The number of ether oxygens (including phenoxy) is 2. The van der Waals surface area contributed by atoms with E-state index in [1.807, 2.05) is 54.2 Å². The smallest absolute Gasteiger partial charge is 0.318 e. The molecule has 28 heavy (non-hydrogen) atoms. The Hall–Kier alpha value is -2.96. The van der Waals surface area contributed by atoms with Crippen LogP contribution >= 0.6 is 0 Å². The molecule has 148 valence electrons. The number of urea groups is 1. The fraction of sp³-hybridized carbons (Fsp3) is 0.429. The summed E-state index contributed by atoms with van der Waals surface area (Å²) in [4.78, 5) is 21.2. The molecule has 7 nitrogen and oxygen atoms in total. The first-order valence-corrected chi connectivity index (χ1v) is 9.69. The number of aromatic nitrogens is 1. The number of rotatable bonds is 4. The van der Waals surface area contributed by atoms with Crippen LogP contribution in [0.3, 0.4) is 0 Å². The van der Waals surface area contributed by atoms with Gasteiger partial charge in [0.1, 0.15) is 19.0 Å². The van der Waals surface area contributed by atoms with Crippen molar-refractivity contribution in [3.63, 3.8) is 0 Å². The van der Waals surface area contributed by atoms with Gasteiger partial charge in [-0.05, 0) is 36.6 Å². The van der Waals surface area contributed by atoms with E-state index in [4.69, 9.17) is 9.47 Å². The molecule has 3 heterocycles. The summed E-state index contributed by atoms with van der Waals surface area (Å²) < 4.78 is 11.3. The SMILES string of the molecule is CN(C)c1ncccc1CNC(=O)N1CCCC1c1ccc2c(c1)OCCO2.